The summed E-state index contributed by atoms with van der Waals surface area (Å²) >= 11 is 0. The molecule has 9 heteroatoms. The first kappa shape index (κ1) is 16.4. The summed E-state index contributed by atoms with van der Waals surface area (Å²) in [6.45, 7) is 0.368. The maximum atomic E-state index is 11.9. The molecule has 4 N–H and O–H groups in total. The number of hydrogen-bond acceptors (Lipinski definition) is 5. The number of amides is 2. The van der Waals surface area contributed by atoms with Gasteiger partial charge < -0.3 is 15.6 Å². The third-order valence-corrected chi connectivity index (χ3v) is 3.43. The van der Waals surface area contributed by atoms with Crippen molar-refractivity contribution in [3.8, 4) is 0 Å². The first-order chi connectivity index (χ1) is 12.1. The zero-order valence-electron chi connectivity index (χ0n) is 13.2. The number of carbonyl (C=O) groups is 2. The van der Waals surface area contributed by atoms with Crippen molar-refractivity contribution < 1.29 is 9.59 Å². The molecule has 3 rings (SSSR count). The minimum atomic E-state index is -0.365. The van der Waals surface area contributed by atoms with Gasteiger partial charge in [0.25, 0.3) is 0 Å². The molecule has 9 nitrogen and oxygen atoms in total. The van der Waals surface area contributed by atoms with Gasteiger partial charge in [0.15, 0.2) is 5.65 Å². The molecule has 3 aromatic heterocycles. The molecule has 3 heterocycles. The zero-order valence-corrected chi connectivity index (χ0v) is 13.2. The molecule has 0 aliphatic carbocycles. The Hall–Kier alpha value is -3.49. The highest BCUT2D eigenvalue weighted by atomic mass is 16.2. The van der Waals surface area contributed by atoms with Crippen LogP contribution >= 0.6 is 0 Å². The Morgan fingerprint density at radius 1 is 1.08 bits per heavy atom. The van der Waals surface area contributed by atoms with E-state index >= 15 is 0 Å². The number of nitrogens with zero attached hydrogens (tertiary/aromatic N) is 2. The van der Waals surface area contributed by atoms with Gasteiger partial charge in [-0.1, -0.05) is 6.07 Å². The van der Waals surface area contributed by atoms with Gasteiger partial charge in [-0.25, -0.2) is 9.78 Å². The third kappa shape index (κ3) is 4.50. The summed E-state index contributed by atoms with van der Waals surface area (Å²) in [7, 11) is 0. The normalized spacial score (nSPS) is 10.6. The first-order valence-corrected chi connectivity index (χ1v) is 7.64. The lowest BCUT2D eigenvalue weighted by Crippen LogP contribution is -2.24. The van der Waals surface area contributed by atoms with Crippen LogP contribution in [0.1, 0.15) is 18.4 Å². The Morgan fingerprint density at radius 3 is 2.72 bits per heavy atom. The number of carbonyl (C=O) groups excluding carboxylic acids is 2. The number of imidazole rings is 1. The molecule has 0 aromatic carbocycles. The molecule has 0 saturated carbocycles. The minimum absolute atomic E-state index is 0.0300. The Balaban J connectivity index is 1.46. The van der Waals surface area contributed by atoms with E-state index in [0.717, 1.165) is 5.56 Å². The monoisotopic (exact) mass is 340 g/mol. The van der Waals surface area contributed by atoms with E-state index in [4.69, 9.17) is 0 Å². The van der Waals surface area contributed by atoms with Crippen LogP contribution in [0.25, 0.3) is 11.2 Å². The van der Waals surface area contributed by atoms with Crippen LogP contribution in [-0.4, -0.2) is 31.8 Å². The van der Waals surface area contributed by atoms with Crippen LogP contribution < -0.4 is 16.3 Å². The molecule has 128 valence electrons. The highest BCUT2D eigenvalue weighted by Gasteiger charge is 2.09. The summed E-state index contributed by atoms with van der Waals surface area (Å²) in [5.74, 6) is -0.248. The summed E-state index contributed by atoms with van der Waals surface area (Å²) < 4.78 is 0. The second-order valence-corrected chi connectivity index (χ2v) is 5.36. The second kappa shape index (κ2) is 7.39. The lowest BCUT2D eigenvalue weighted by atomic mass is 10.2. The molecule has 0 unspecified atom stereocenters. The molecule has 0 aliphatic rings. The Kier molecular flexibility index (Phi) is 4.84. The molecule has 0 spiro atoms. The lowest BCUT2D eigenvalue weighted by molar-refractivity contribution is -0.124. The summed E-state index contributed by atoms with van der Waals surface area (Å²) in [6.07, 6.45) is 3.42. The van der Waals surface area contributed by atoms with Crippen molar-refractivity contribution >= 4 is 28.8 Å². The Morgan fingerprint density at radius 2 is 1.92 bits per heavy atom. The third-order valence-electron chi connectivity index (χ3n) is 3.43. The van der Waals surface area contributed by atoms with Gasteiger partial charge in [0.1, 0.15) is 5.82 Å². The van der Waals surface area contributed by atoms with Gasteiger partial charge in [0, 0.05) is 31.8 Å². The van der Waals surface area contributed by atoms with Gasteiger partial charge in [-0.2, -0.15) is 0 Å². The average Bonchev–Trinajstić information content (AvgIpc) is 2.98. The van der Waals surface area contributed by atoms with E-state index in [0.29, 0.717) is 23.5 Å². The minimum Gasteiger partial charge on any atom is -0.352 e. The molecule has 0 saturated heterocycles. The number of rotatable bonds is 6. The fourth-order valence-corrected chi connectivity index (χ4v) is 2.21. The standard InChI is InChI=1S/C16H16N6O3/c23-13(18-9-10-2-1-7-17-8-10)5-6-14(24)20-12-4-3-11-15(21-12)22-16(25)19-11/h1-4,7-8H,5-6,9H2,(H,18,23)(H3,19,20,21,22,24,25). The molecule has 0 atom stereocenters. The summed E-state index contributed by atoms with van der Waals surface area (Å²) in [4.78, 5) is 48.0. The molecular weight excluding hydrogens is 324 g/mol. The van der Waals surface area contributed by atoms with Gasteiger partial charge >= 0.3 is 5.69 Å². The molecular formula is C16H16N6O3. The molecule has 3 aromatic rings. The highest BCUT2D eigenvalue weighted by molar-refractivity contribution is 5.93. The van der Waals surface area contributed by atoms with Crippen molar-refractivity contribution in [2.24, 2.45) is 0 Å². The molecule has 0 radical (unpaired) electrons. The number of hydrogen-bond donors (Lipinski definition) is 4. The topological polar surface area (TPSA) is 133 Å². The number of pyridine rings is 2. The van der Waals surface area contributed by atoms with Gasteiger partial charge in [-0.05, 0) is 23.8 Å². The predicted octanol–water partition coefficient (Wildman–Crippen LogP) is 0.681. The number of fused-ring (bicyclic) bond motifs is 1. The maximum absolute atomic E-state index is 11.9. The Bertz CT molecular complexity index is 947. The first-order valence-electron chi connectivity index (χ1n) is 7.64. The van der Waals surface area contributed by atoms with E-state index in [1.807, 2.05) is 6.07 Å². The average molecular weight is 340 g/mol. The number of anilines is 1. The Labute approximate surface area is 141 Å². The SMILES string of the molecule is O=C(CCC(=O)Nc1ccc2[nH]c(=O)[nH]c2n1)NCc1cccnc1. The number of nitrogens with one attached hydrogen (secondary N) is 4. The van der Waals surface area contributed by atoms with Crippen molar-refractivity contribution in [1.82, 2.24) is 25.3 Å². The van der Waals surface area contributed by atoms with E-state index in [-0.39, 0.29) is 30.3 Å². The maximum Gasteiger partial charge on any atom is 0.325 e. The van der Waals surface area contributed by atoms with Crippen LogP contribution in [-0.2, 0) is 16.1 Å². The smallest absolute Gasteiger partial charge is 0.325 e. The van der Waals surface area contributed by atoms with Crippen molar-refractivity contribution in [2.75, 3.05) is 5.32 Å². The largest absolute Gasteiger partial charge is 0.352 e. The van der Waals surface area contributed by atoms with E-state index in [2.05, 4.69) is 30.6 Å². The number of aromatic amines is 2. The van der Waals surface area contributed by atoms with Crippen LogP contribution in [0.2, 0.25) is 0 Å². The molecule has 0 aliphatic heterocycles. The van der Waals surface area contributed by atoms with Crippen LogP contribution in [0.15, 0.2) is 41.5 Å². The van der Waals surface area contributed by atoms with E-state index in [9.17, 15) is 14.4 Å². The molecule has 2 amide bonds. The zero-order chi connectivity index (χ0) is 17.6. The number of H-pyrrole nitrogens is 2. The van der Waals surface area contributed by atoms with Gasteiger partial charge in [0.2, 0.25) is 11.8 Å². The predicted molar refractivity (Wildman–Crippen MR) is 90.7 cm³/mol. The van der Waals surface area contributed by atoms with Crippen LogP contribution in [0, 0.1) is 0 Å². The summed E-state index contributed by atoms with van der Waals surface area (Å²) in [5.41, 5.74) is 1.43. The number of aromatic nitrogens is 4. The lowest BCUT2D eigenvalue weighted by Gasteiger charge is -2.06. The highest BCUT2D eigenvalue weighted by Crippen LogP contribution is 2.10. The van der Waals surface area contributed by atoms with Gasteiger partial charge in [-0.15, -0.1) is 0 Å². The fourth-order valence-electron chi connectivity index (χ4n) is 2.21. The van der Waals surface area contributed by atoms with Crippen molar-refractivity contribution in [3.63, 3.8) is 0 Å². The van der Waals surface area contributed by atoms with Crippen LogP contribution in [0.5, 0.6) is 0 Å². The fraction of sp³-hybridized carbons (Fsp3) is 0.188. The van der Waals surface area contributed by atoms with E-state index < -0.39 is 0 Å². The van der Waals surface area contributed by atoms with Crippen LogP contribution in [0.3, 0.4) is 0 Å². The quantitative estimate of drug-likeness (QED) is 0.524. The van der Waals surface area contributed by atoms with E-state index in [1.54, 1.807) is 30.6 Å². The summed E-state index contributed by atoms with van der Waals surface area (Å²) in [6, 6.07) is 6.85. The van der Waals surface area contributed by atoms with Crippen molar-refractivity contribution in [3.05, 3.63) is 52.7 Å². The van der Waals surface area contributed by atoms with Gasteiger partial charge in [0.05, 0.1) is 5.52 Å². The van der Waals surface area contributed by atoms with Crippen molar-refractivity contribution in [2.45, 2.75) is 19.4 Å². The second-order valence-electron chi connectivity index (χ2n) is 5.36. The van der Waals surface area contributed by atoms with E-state index in [1.165, 1.54) is 0 Å². The summed E-state index contributed by atoms with van der Waals surface area (Å²) in [5, 5.41) is 5.32. The van der Waals surface area contributed by atoms with Crippen molar-refractivity contribution in [1.29, 1.82) is 0 Å². The molecule has 25 heavy (non-hydrogen) atoms. The molecule has 0 bridgehead atoms. The van der Waals surface area contributed by atoms with Gasteiger partial charge in [-0.3, -0.25) is 19.6 Å². The van der Waals surface area contributed by atoms with Crippen LogP contribution in [0.4, 0.5) is 5.82 Å². The molecule has 0 fully saturated rings.